The molecule has 0 unspecified atom stereocenters. The third-order valence-corrected chi connectivity index (χ3v) is 9.67. The first kappa shape index (κ1) is 25.8. The standard InChI is InChI=1S/C41H25N3S/c1-4-14-26(15-5-1)34-25-35(27-16-6-2-7-17-27)44-41(43-34)32-24-31-37(38-30-21-11-13-23-36(30)45-40(32)38)29-20-10-12-22-33(29)42-39(31)28-18-8-3-9-19-28/h1-25H. The molecule has 0 atom stereocenters. The number of benzene rings is 6. The Hall–Kier alpha value is -5.71. The van der Waals surface area contributed by atoms with Crippen molar-refractivity contribution in [2.45, 2.75) is 0 Å². The van der Waals surface area contributed by atoms with Gasteiger partial charge in [0.15, 0.2) is 5.82 Å². The molecule has 0 amide bonds. The van der Waals surface area contributed by atoms with Crippen molar-refractivity contribution in [1.82, 2.24) is 15.0 Å². The molecule has 0 bridgehead atoms. The first-order chi connectivity index (χ1) is 22.3. The lowest BCUT2D eigenvalue weighted by Crippen LogP contribution is -1.97. The van der Waals surface area contributed by atoms with E-state index in [9.17, 15) is 0 Å². The van der Waals surface area contributed by atoms with Crippen LogP contribution in [0, 0.1) is 0 Å². The van der Waals surface area contributed by atoms with E-state index in [1.807, 2.05) is 23.5 Å². The third kappa shape index (κ3) is 4.30. The molecule has 0 saturated carbocycles. The van der Waals surface area contributed by atoms with Crippen molar-refractivity contribution in [3.8, 4) is 45.2 Å². The molecule has 0 aliphatic rings. The smallest absolute Gasteiger partial charge is 0.161 e. The lowest BCUT2D eigenvalue weighted by molar-refractivity contribution is 1.19. The lowest BCUT2D eigenvalue weighted by atomic mass is 9.94. The minimum Gasteiger partial charge on any atom is -0.247 e. The molecule has 3 nitrogen and oxygen atoms in total. The van der Waals surface area contributed by atoms with Gasteiger partial charge in [-0.2, -0.15) is 0 Å². The van der Waals surface area contributed by atoms with Crippen molar-refractivity contribution in [2.75, 3.05) is 0 Å². The number of rotatable bonds is 4. The summed E-state index contributed by atoms with van der Waals surface area (Å²) in [7, 11) is 0. The van der Waals surface area contributed by atoms with E-state index in [0.717, 1.165) is 55.6 Å². The van der Waals surface area contributed by atoms with E-state index in [2.05, 4.69) is 140 Å². The molecule has 0 fully saturated rings. The molecule has 210 valence electrons. The Morgan fingerprint density at radius 2 is 0.978 bits per heavy atom. The summed E-state index contributed by atoms with van der Waals surface area (Å²) in [6.07, 6.45) is 0. The summed E-state index contributed by atoms with van der Waals surface area (Å²) in [5, 5.41) is 5.94. The number of aromatic nitrogens is 3. The molecule has 0 radical (unpaired) electrons. The van der Waals surface area contributed by atoms with E-state index in [1.165, 1.54) is 25.6 Å². The van der Waals surface area contributed by atoms with Crippen LogP contribution in [0.25, 0.3) is 87.0 Å². The van der Waals surface area contributed by atoms with Crippen LogP contribution in [0.4, 0.5) is 0 Å². The van der Waals surface area contributed by atoms with Crippen LogP contribution >= 0.6 is 11.3 Å². The highest BCUT2D eigenvalue weighted by atomic mass is 32.1. The topological polar surface area (TPSA) is 38.7 Å². The van der Waals surface area contributed by atoms with Gasteiger partial charge >= 0.3 is 0 Å². The van der Waals surface area contributed by atoms with Gasteiger partial charge in [0.05, 0.1) is 22.6 Å². The second kappa shape index (κ2) is 10.5. The van der Waals surface area contributed by atoms with E-state index in [1.54, 1.807) is 0 Å². The zero-order valence-corrected chi connectivity index (χ0v) is 25.0. The van der Waals surface area contributed by atoms with Gasteiger partial charge in [-0.15, -0.1) is 11.3 Å². The van der Waals surface area contributed by atoms with Gasteiger partial charge in [0.25, 0.3) is 0 Å². The monoisotopic (exact) mass is 591 g/mol. The minimum absolute atomic E-state index is 0.709. The average molecular weight is 592 g/mol. The van der Waals surface area contributed by atoms with Gasteiger partial charge in [0.1, 0.15) is 0 Å². The maximum absolute atomic E-state index is 5.27. The third-order valence-electron chi connectivity index (χ3n) is 8.46. The number of nitrogens with zero attached hydrogens (tertiary/aromatic N) is 3. The molecule has 3 aromatic heterocycles. The molecule has 6 aromatic carbocycles. The van der Waals surface area contributed by atoms with Crippen molar-refractivity contribution >= 4 is 53.2 Å². The summed E-state index contributed by atoms with van der Waals surface area (Å²) in [6, 6.07) is 52.8. The Labute approximate surface area is 264 Å². The maximum Gasteiger partial charge on any atom is 0.161 e. The van der Waals surface area contributed by atoms with Gasteiger partial charge in [-0.05, 0) is 24.3 Å². The molecular weight excluding hydrogens is 567 g/mol. The van der Waals surface area contributed by atoms with Crippen LogP contribution in [0.5, 0.6) is 0 Å². The Kier molecular flexibility index (Phi) is 6.00. The molecule has 0 N–H and O–H groups in total. The highest BCUT2D eigenvalue weighted by Gasteiger charge is 2.22. The Bertz CT molecular complexity index is 2460. The predicted octanol–water partition coefficient (Wildman–Crippen LogP) is 11.2. The second-order valence-corrected chi connectivity index (χ2v) is 12.2. The van der Waals surface area contributed by atoms with Gasteiger partial charge in [-0.25, -0.2) is 15.0 Å². The Balaban J connectivity index is 1.46. The fraction of sp³-hybridized carbons (Fsp3) is 0. The molecule has 0 spiro atoms. The van der Waals surface area contributed by atoms with Gasteiger partial charge < -0.3 is 0 Å². The number of para-hydroxylation sites is 1. The summed E-state index contributed by atoms with van der Waals surface area (Å²) in [6.45, 7) is 0. The highest BCUT2D eigenvalue weighted by molar-refractivity contribution is 7.26. The van der Waals surface area contributed by atoms with E-state index in [0.29, 0.717) is 5.82 Å². The van der Waals surface area contributed by atoms with Gasteiger partial charge in [0, 0.05) is 58.6 Å². The zero-order valence-electron chi connectivity index (χ0n) is 24.2. The summed E-state index contributed by atoms with van der Waals surface area (Å²) < 4.78 is 2.43. The van der Waals surface area contributed by atoms with Crippen LogP contribution in [-0.2, 0) is 0 Å². The van der Waals surface area contributed by atoms with Crippen molar-refractivity contribution in [3.63, 3.8) is 0 Å². The summed E-state index contributed by atoms with van der Waals surface area (Å²) in [5.74, 6) is 0.709. The Morgan fingerprint density at radius 1 is 0.422 bits per heavy atom. The summed E-state index contributed by atoms with van der Waals surface area (Å²) in [4.78, 5) is 15.8. The molecule has 0 aliphatic carbocycles. The number of hydrogen-bond donors (Lipinski definition) is 0. The number of pyridine rings is 1. The van der Waals surface area contributed by atoms with Crippen LogP contribution in [0.15, 0.2) is 152 Å². The molecule has 45 heavy (non-hydrogen) atoms. The van der Waals surface area contributed by atoms with Crippen molar-refractivity contribution in [1.29, 1.82) is 0 Å². The molecule has 0 aliphatic heterocycles. The zero-order chi connectivity index (χ0) is 29.7. The second-order valence-electron chi connectivity index (χ2n) is 11.2. The van der Waals surface area contributed by atoms with E-state index < -0.39 is 0 Å². The molecule has 9 aromatic rings. The maximum atomic E-state index is 5.27. The van der Waals surface area contributed by atoms with Gasteiger partial charge in [-0.3, -0.25) is 0 Å². The van der Waals surface area contributed by atoms with Crippen LogP contribution in [0.1, 0.15) is 0 Å². The van der Waals surface area contributed by atoms with Gasteiger partial charge in [0.2, 0.25) is 0 Å². The summed E-state index contributed by atoms with van der Waals surface area (Å²) in [5.41, 5.74) is 7.97. The fourth-order valence-electron chi connectivity index (χ4n) is 6.39. The first-order valence-electron chi connectivity index (χ1n) is 15.0. The van der Waals surface area contributed by atoms with E-state index in [-0.39, 0.29) is 0 Å². The van der Waals surface area contributed by atoms with Crippen LogP contribution in [-0.4, -0.2) is 15.0 Å². The Morgan fingerprint density at radius 3 is 1.64 bits per heavy atom. The van der Waals surface area contributed by atoms with Crippen LogP contribution < -0.4 is 0 Å². The van der Waals surface area contributed by atoms with Crippen LogP contribution in [0.2, 0.25) is 0 Å². The van der Waals surface area contributed by atoms with E-state index >= 15 is 0 Å². The normalized spacial score (nSPS) is 11.6. The average Bonchev–Trinajstić information content (AvgIpc) is 3.51. The quantitative estimate of drug-likeness (QED) is 0.191. The van der Waals surface area contributed by atoms with Crippen molar-refractivity contribution in [2.24, 2.45) is 0 Å². The predicted molar refractivity (Wildman–Crippen MR) is 189 cm³/mol. The SMILES string of the molecule is c1ccc(-c2cc(-c3ccccc3)nc(-c3cc4c(-c5ccccc5)nc5ccccc5c4c4c3sc3ccccc34)n2)cc1. The van der Waals surface area contributed by atoms with Gasteiger partial charge in [-0.1, -0.05) is 127 Å². The molecule has 3 heterocycles. The van der Waals surface area contributed by atoms with Crippen molar-refractivity contribution in [3.05, 3.63) is 152 Å². The fourth-order valence-corrected chi connectivity index (χ4v) is 7.61. The molecule has 4 heteroatoms. The summed E-state index contributed by atoms with van der Waals surface area (Å²) >= 11 is 1.81. The first-order valence-corrected chi connectivity index (χ1v) is 15.9. The largest absolute Gasteiger partial charge is 0.247 e. The number of hydrogen-bond acceptors (Lipinski definition) is 4. The molecular formula is C41H25N3S. The van der Waals surface area contributed by atoms with E-state index in [4.69, 9.17) is 15.0 Å². The molecule has 9 rings (SSSR count). The number of thiophene rings is 1. The highest BCUT2D eigenvalue weighted by Crippen LogP contribution is 2.47. The minimum atomic E-state index is 0.709. The number of fused-ring (bicyclic) bond motifs is 7. The van der Waals surface area contributed by atoms with Crippen LogP contribution in [0.3, 0.4) is 0 Å². The van der Waals surface area contributed by atoms with Crippen molar-refractivity contribution < 1.29 is 0 Å². The molecule has 0 saturated heterocycles. The lowest BCUT2D eigenvalue weighted by Gasteiger charge is -2.15.